The van der Waals surface area contributed by atoms with Gasteiger partial charge in [-0.05, 0) is 42.1 Å². The molecule has 1 aliphatic heterocycles. The maximum atomic E-state index is 13.1. The highest BCUT2D eigenvalue weighted by molar-refractivity contribution is 5.88. The number of benzene rings is 1. The second kappa shape index (κ2) is 12.4. The Morgan fingerprint density at radius 1 is 1.09 bits per heavy atom. The van der Waals surface area contributed by atoms with Gasteiger partial charge in [0.15, 0.2) is 0 Å². The minimum Gasteiger partial charge on any atom is -0.351 e. The molecule has 0 radical (unpaired) electrons. The van der Waals surface area contributed by atoms with Crippen molar-refractivity contribution in [3.05, 3.63) is 35.9 Å². The summed E-state index contributed by atoms with van der Waals surface area (Å²) in [5.74, 6) is 0.359. The maximum absolute atomic E-state index is 13.1. The van der Waals surface area contributed by atoms with Gasteiger partial charge >= 0.3 is 0 Å². The zero-order valence-electron chi connectivity index (χ0n) is 21.1. The van der Waals surface area contributed by atoms with Gasteiger partial charge in [0.05, 0.1) is 0 Å². The van der Waals surface area contributed by atoms with E-state index in [-0.39, 0.29) is 29.2 Å². The van der Waals surface area contributed by atoms with Crippen LogP contribution in [0, 0.1) is 17.3 Å². The summed E-state index contributed by atoms with van der Waals surface area (Å²) in [6, 6.07) is 10.2. The van der Waals surface area contributed by atoms with E-state index in [2.05, 4.69) is 74.4 Å². The van der Waals surface area contributed by atoms with E-state index in [1.165, 1.54) is 5.56 Å². The van der Waals surface area contributed by atoms with Crippen molar-refractivity contribution < 1.29 is 9.59 Å². The molecule has 3 unspecified atom stereocenters. The summed E-state index contributed by atoms with van der Waals surface area (Å²) in [4.78, 5) is 28.2. The van der Waals surface area contributed by atoms with Gasteiger partial charge in [0.25, 0.3) is 0 Å². The fraction of sp³-hybridized carbons (Fsp3) is 0.704. The van der Waals surface area contributed by atoms with Crippen LogP contribution in [0.4, 0.5) is 0 Å². The van der Waals surface area contributed by atoms with E-state index in [0.717, 1.165) is 45.3 Å². The topological polar surface area (TPSA) is 61.4 Å². The normalized spacial score (nSPS) is 18.6. The lowest BCUT2D eigenvalue weighted by Gasteiger charge is -2.34. The van der Waals surface area contributed by atoms with E-state index in [1.807, 2.05) is 13.0 Å². The molecule has 32 heavy (non-hydrogen) atoms. The van der Waals surface area contributed by atoms with E-state index in [9.17, 15) is 9.59 Å². The van der Waals surface area contributed by atoms with Crippen LogP contribution in [-0.2, 0) is 16.1 Å². The van der Waals surface area contributed by atoms with Crippen molar-refractivity contribution in [2.24, 2.45) is 17.3 Å². The molecule has 1 aromatic carbocycles. The fourth-order valence-electron chi connectivity index (χ4n) is 4.74. The molecule has 1 aromatic rings. The highest BCUT2D eigenvalue weighted by Gasteiger charge is 2.29. The van der Waals surface area contributed by atoms with Gasteiger partial charge in [-0.15, -0.1) is 0 Å². The van der Waals surface area contributed by atoms with Gasteiger partial charge in [-0.1, -0.05) is 78.3 Å². The van der Waals surface area contributed by atoms with E-state index in [0.29, 0.717) is 12.3 Å². The number of rotatable bonds is 10. The lowest BCUT2D eigenvalue weighted by atomic mass is 9.84. The van der Waals surface area contributed by atoms with Crippen molar-refractivity contribution >= 4 is 11.8 Å². The number of amides is 2. The summed E-state index contributed by atoms with van der Waals surface area (Å²) < 4.78 is 0. The Hall–Kier alpha value is -1.88. The molecule has 2 N–H and O–H groups in total. The van der Waals surface area contributed by atoms with Gasteiger partial charge in [-0.2, -0.15) is 0 Å². The van der Waals surface area contributed by atoms with Crippen LogP contribution in [0.3, 0.4) is 0 Å². The smallest absolute Gasteiger partial charge is 0.243 e. The first-order valence-electron chi connectivity index (χ1n) is 12.4. The molecular weight excluding hydrogens is 398 g/mol. The Labute approximate surface area is 195 Å². The van der Waals surface area contributed by atoms with Crippen LogP contribution in [0.25, 0.3) is 0 Å². The standard InChI is InChI=1S/C27H45N3O2/c1-7-21(3)25(29-24(31)17-20(2)18-27(4,5)6)26(32)28-23-13-15-30(16-14-23)19-22-11-9-8-10-12-22/h8-12,20-21,23,25H,7,13-19H2,1-6H3,(H,28,32)(H,29,31). The molecule has 180 valence electrons. The zero-order valence-corrected chi connectivity index (χ0v) is 21.1. The minimum absolute atomic E-state index is 0.0140. The van der Waals surface area contributed by atoms with Crippen molar-refractivity contribution in [2.45, 2.75) is 92.3 Å². The second-order valence-corrected chi connectivity index (χ2v) is 11.0. The van der Waals surface area contributed by atoms with Crippen LogP contribution in [0.5, 0.6) is 0 Å². The number of carbonyl (C=O) groups excluding carboxylic acids is 2. The lowest BCUT2D eigenvalue weighted by Crippen LogP contribution is -2.54. The Morgan fingerprint density at radius 3 is 2.28 bits per heavy atom. The predicted octanol–water partition coefficient (Wildman–Crippen LogP) is 4.76. The Bertz CT molecular complexity index is 705. The number of likely N-dealkylation sites (tertiary alicyclic amines) is 1. The average Bonchev–Trinajstić information content (AvgIpc) is 2.72. The summed E-state index contributed by atoms with van der Waals surface area (Å²) in [5.41, 5.74) is 1.53. The monoisotopic (exact) mass is 443 g/mol. The van der Waals surface area contributed by atoms with Gasteiger partial charge in [-0.25, -0.2) is 0 Å². The molecule has 1 aliphatic rings. The van der Waals surface area contributed by atoms with Gasteiger partial charge < -0.3 is 10.6 Å². The Kier molecular flexibility index (Phi) is 10.2. The summed E-state index contributed by atoms with van der Waals surface area (Å²) in [6.07, 6.45) is 4.20. The third-order valence-corrected chi connectivity index (χ3v) is 6.49. The van der Waals surface area contributed by atoms with Crippen LogP contribution >= 0.6 is 0 Å². The first kappa shape index (κ1) is 26.4. The molecule has 1 heterocycles. The fourth-order valence-corrected chi connectivity index (χ4v) is 4.74. The molecule has 1 fully saturated rings. The van der Waals surface area contributed by atoms with Crippen LogP contribution in [-0.4, -0.2) is 41.9 Å². The third kappa shape index (κ3) is 9.32. The van der Waals surface area contributed by atoms with Crippen LogP contribution in [0.1, 0.15) is 79.2 Å². The Morgan fingerprint density at radius 2 is 1.72 bits per heavy atom. The third-order valence-electron chi connectivity index (χ3n) is 6.49. The molecule has 0 bridgehead atoms. The number of piperidine rings is 1. The molecule has 0 aliphatic carbocycles. The highest BCUT2D eigenvalue weighted by Crippen LogP contribution is 2.26. The van der Waals surface area contributed by atoms with Gasteiger partial charge in [-0.3, -0.25) is 14.5 Å². The van der Waals surface area contributed by atoms with E-state index >= 15 is 0 Å². The van der Waals surface area contributed by atoms with Crippen molar-refractivity contribution in [2.75, 3.05) is 13.1 Å². The summed E-state index contributed by atoms with van der Waals surface area (Å²) >= 11 is 0. The van der Waals surface area contributed by atoms with E-state index < -0.39 is 6.04 Å². The molecule has 1 saturated heterocycles. The van der Waals surface area contributed by atoms with Crippen LogP contribution in [0.15, 0.2) is 30.3 Å². The number of nitrogens with zero attached hydrogens (tertiary/aromatic N) is 1. The molecule has 5 heteroatoms. The molecule has 0 aromatic heterocycles. The van der Waals surface area contributed by atoms with Crippen molar-refractivity contribution in [3.63, 3.8) is 0 Å². The summed E-state index contributed by atoms with van der Waals surface area (Å²) in [6.45, 7) is 15.7. The molecule has 3 atom stereocenters. The molecule has 5 nitrogen and oxygen atoms in total. The largest absolute Gasteiger partial charge is 0.351 e. The molecule has 2 amide bonds. The quantitative estimate of drug-likeness (QED) is 0.548. The number of nitrogens with one attached hydrogen (secondary N) is 2. The van der Waals surface area contributed by atoms with Crippen LogP contribution in [0.2, 0.25) is 0 Å². The number of carbonyl (C=O) groups is 2. The van der Waals surface area contributed by atoms with Crippen LogP contribution < -0.4 is 10.6 Å². The van der Waals surface area contributed by atoms with Crippen molar-refractivity contribution in [1.82, 2.24) is 15.5 Å². The highest BCUT2D eigenvalue weighted by atomic mass is 16.2. The summed E-state index contributed by atoms with van der Waals surface area (Å²) in [7, 11) is 0. The second-order valence-electron chi connectivity index (χ2n) is 11.0. The maximum Gasteiger partial charge on any atom is 0.243 e. The van der Waals surface area contributed by atoms with E-state index in [4.69, 9.17) is 0 Å². The lowest BCUT2D eigenvalue weighted by molar-refractivity contribution is -0.131. The van der Waals surface area contributed by atoms with Gasteiger partial charge in [0.2, 0.25) is 11.8 Å². The zero-order chi connectivity index (χ0) is 23.7. The molecule has 0 spiro atoms. The van der Waals surface area contributed by atoms with Gasteiger partial charge in [0.1, 0.15) is 6.04 Å². The average molecular weight is 444 g/mol. The van der Waals surface area contributed by atoms with Crippen molar-refractivity contribution in [1.29, 1.82) is 0 Å². The minimum atomic E-state index is -0.461. The SMILES string of the molecule is CCC(C)C(NC(=O)CC(C)CC(C)(C)C)C(=O)NC1CCN(Cc2ccccc2)CC1. The predicted molar refractivity (Wildman–Crippen MR) is 132 cm³/mol. The number of hydrogen-bond donors (Lipinski definition) is 2. The van der Waals surface area contributed by atoms with Crippen molar-refractivity contribution in [3.8, 4) is 0 Å². The number of hydrogen-bond acceptors (Lipinski definition) is 3. The Balaban J connectivity index is 1.84. The summed E-state index contributed by atoms with van der Waals surface area (Å²) in [5, 5.41) is 6.29. The molecule has 2 rings (SSSR count). The molecule has 0 saturated carbocycles. The first-order valence-corrected chi connectivity index (χ1v) is 12.4. The van der Waals surface area contributed by atoms with Gasteiger partial charge in [0, 0.05) is 32.1 Å². The molecular formula is C27H45N3O2. The first-order chi connectivity index (χ1) is 15.1. The van der Waals surface area contributed by atoms with E-state index in [1.54, 1.807) is 0 Å².